The van der Waals surface area contributed by atoms with Gasteiger partial charge in [-0.25, -0.2) is 4.68 Å². The molecule has 0 spiro atoms. The number of benzene rings is 2. The van der Waals surface area contributed by atoms with Crippen LogP contribution in [-0.2, 0) is 6.54 Å². The van der Waals surface area contributed by atoms with E-state index in [4.69, 9.17) is 14.2 Å². The molecule has 1 saturated carbocycles. The maximum Gasteiger partial charge on any atom is 0.231 e. The molecular formula is C26H32N6O3. The first-order valence-electron chi connectivity index (χ1n) is 12.6. The lowest BCUT2D eigenvalue weighted by molar-refractivity contribution is 0.0983. The van der Waals surface area contributed by atoms with Gasteiger partial charge in [0, 0.05) is 38.3 Å². The lowest BCUT2D eigenvalue weighted by atomic mass is 10.0. The highest BCUT2D eigenvalue weighted by Crippen LogP contribution is 2.38. The van der Waals surface area contributed by atoms with Gasteiger partial charge in [-0.1, -0.05) is 37.1 Å². The molecular weight excluding hydrogens is 444 g/mol. The first kappa shape index (κ1) is 22.3. The normalized spacial score (nSPS) is 19.8. The molecule has 35 heavy (non-hydrogen) atoms. The van der Waals surface area contributed by atoms with E-state index in [1.807, 2.05) is 18.2 Å². The van der Waals surface area contributed by atoms with Crippen LogP contribution in [-0.4, -0.2) is 70.1 Å². The van der Waals surface area contributed by atoms with E-state index in [2.05, 4.69) is 54.3 Å². The van der Waals surface area contributed by atoms with Gasteiger partial charge in [-0.2, -0.15) is 0 Å². The minimum absolute atomic E-state index is 0.0468. The fourth-order valence-corrected chi connectivity index (χ4v) is 5.66. The Bertz CT molecular complexity index is 1150. The van der Waals surface area contributed by atoms with Crippen LogP contribution in [0.3, 0.4) is 0 Å². The Labute approximate surface area is 205 Å². The summed E-state index contributed by atoms with van der Waals surface area (Å²) in [7, 11) is 1.74. The van der Waals surface area contributed by atoms with Crippen LogP contribution in [0.2, 0.25) is 0 Å². The second-order valence-corrected chi connectivity index (χ2v) is 9.56. The molecule has 0 amide bonds. The Morgan fingerprint density at radius 2 is 1.80 bits per heavy atom. The van der Waals surface area contributed by atoms with Gasteiger partial charge >= 0.3 is 0 Å². The summed E-state index contributed by atoms with van der Waals surface area (Å²) in [4.78, 5) is 5.00. The summed E-state index contributed by atoms with van der Waals surface area (Å²) in [5.74, 6) is 3.47. The third-order valence-corrected chi connectivity index (χ3v) is 7.48. The van der Waals surface area contributed by atoms with Crippen molar-refractivity contribution >= 4 is 0 Å². The van der Waals surface area contributed by atoms with E-state index in [0.717, 1.165) is 74.2 Å². The summed E-state index contributed by atoms with van der Waals surface area (Å²) >= 11 is 0. The largest absolute Gasteiger partial charge is 0.496 e. The van der Waals surface area contributed by atoms with Crippen LogP contribution in [0.4, 0.5) is 0 Å². The second-order valence-electron chi connectivity index (χ2n) is 9.56. The summed E-state index contributed by atoms with van der Waals surface area (Å²) < 4.78 is 18.9. The van der Waals surface area contributed by atoms with Crippen LogP contribution in [0.1, 0.15) is 54.7 Å². The third-order valence-electron chi connectivity index (χ3n) is 7.48. The number of ether oxygens (including phenoxy) is 3. The van der Waals surface area contributed by atoms with Crippen LogP contribution < -0.4 is 14.2 Å². The predicted octanol–water partition coefficient (Wildman–Crippen LogP) is 3.43. The van der Waals surface area contributed by atoms with Crippen LogP contribution in [0.15, 0.2) is 42.5 Å². The van der Waals surface area contributed by atoms with Crippen molar-refractivity contribution in [1.29, 1.82) is 0 Å². The van der Waals surface area contributed by atoms with Gasteiger partial charge in [-0.05, 0) is 47.0 Å². The first-order chi connectivity index (χ1) is 17.3. The molecule has 3 heterocycles. The molecule has 1 saturated heterocycles. The van der Waals surface area contributed by atoms with E-state index in [9.17, 15) is 0 Å². The molecule has 2 fully saturated rings. The average molecular weight is 477 g/mol. The maximum atomic E-state index is 5.78. The van der Waals surface area contributed by atoms with Crippen molar-refractivity contribution in [1.82, 2.24) is 30.0 Å². The number of fused-ring (bicyclic) bond motifs is 1. The number of tetrazole rings is 1. The second kappa shape index (κ2) is 9.83. The lowest BCUT2D eigenvalue weighted by Crippen LogP contribution is -2.48. The zero-order valence-corrected chi connectivity index (χ0v) is 20.2. The number of nitrogens with zero attached hydrogens (tertiary/aromatic N) is 6. The minimum Gasteiger partial charge on any atom is -0.496 e. The molecule has 1 aliphatic carbocycles. The highest BCUT2D eigenvalue weighted by Gasteiger charge is 2.34. The van der Waals surface area contributed by atoms with Gasteiger partial charge in [-0.3, -0.25) is 9.80 Å². The first-order valence-corrected chi connectivity index (χ1v) is 12.6. The Morgan fingerprint density at radius 3 is 2.63 bits per heavy atom. The van der Waals surface area contributed by atoms with Crippen LogP contribution in [0.5, 0.6) is 17.2 Å². The monoisotopic (exact) mass is 476 g/mol. The molecule has 1 aromatic heterocycles. The third kappa shape index (κ3) is 4.46. The van der Waals surface area contributed by atoms with Crippen molar-refractivity contribution in [3.05, 3.63) is 59.4 Å². The number of piperazine rings is 1. The highest BCUT2D eigenvalue weighted by atomic mass is 16.7. The molecule has 1 unspecified atom stereocenters. The van der Waals surface area contributed by atoms with Gasteiger partial charge in [0.1, 0.15) is 11.8 Å². The van der Waals surface area contributed by atoms with Crippen LogP contribution in [0, 0.1) is 0 Å². The number of rotatable bonds is 7. The van der Waals surface area contributed by atoms with Gasteiger partial charge < -0.3 is 14.2 Å². The predicted molar refractivity (Wildman–Crippen MR) is 130 cm³/mol. The summed E-state index contributed by atoms with van der Waals surface area (Å²) in [6, 6.07) is 14.8. The van der Waals surface area contributed by atoms with Crippen molar-refractivity contribution in [2.75, 3.05) is 40.1 Å². The molecule has 1 atom stereocenters. The molecule has 9 heteroatoms. The molecule has 6 rings (SSSR count). The van der Waals surface area contributed by atoms with E-state index in [0.29, 0.717) is 12.8 Å². The van der Waals surface area contributed by atoms with Crippen molar-refractivity contribution in [2.24, 2.45) is 0 Å². The standard InChI is InChI=1S/C26H32N6O3/c1-33-22-9-5-4-8-21(22)25(26-27-28-29-32(26)20-6-2-3-7-20)31-14-12-30(13-15-31)17-19-10-11-23-24(16-19)35-18-34-23/h4-5,8-11,16,20,25H,2-3,6-7,12-15,17-18H2,1H3. The van der Waals surface area contributed by atoms with Crippen molar-refractivity contribution in [2.45, 2.75) is 44.3 Å². The summed E-state index contributed by atoms with van der Waals surface area (Å²) in [5.41, 5.74) is 2.36. The number of hydrogen-bond acceptors (Lipinski definition) is 8. The summed E-state index contributed by atoms with van der Waals surface area (Å²) in [6.07, 6.45) is 4.75. The molecule has 2 aliphatic heterocycles. The smallest absolute Gasteiger partial charge is 0.231 e. The number of para-hydroxylation sites is 1. The summed E-state index contributed by atoms with van der Waals surface area (Å²) in [6.45, 7) is 4.97. The van der Waals surface area contributed by atoms with Gasteiger partial charge in [0.05, 0.1) is 13.2 Å². The lowest BCUT2D eigenvalue weighted by Gasteiger charge is -2.39. The molecule has 0 N–H and O–H groups in total. The van der Waals surface area contributed by atoms with E-state index in [1.165, 1.54) is 18.4 Å². The molecule has 0 radical (unpaired) electrons. The maximum absolute atomic E-state index is 5.78. The van der Waals surface area contributed by atoms with Crippen molar-refractivity contribution < 1.29 is 14.2 Å². The zero-order valence-electron chi connectivity index (χ0n) is 20.2. The fraction of sp³-hybridized carbons (Fsp3) is 0.500. The molecule has 184 valence electrons. The topological polar surface area (TPSA) is 77.8 Å². The van der Waals surface area contributed by atoms with Crippen molar-refractivity contribution in [3.8, 4) is 17.2 Å². The van der Waals surface area contributed by atoms with Crippen LogP contribution in [0.25, 0.3) is 0 Å². The zero-order chi connectivity index (χ0) is 23.6. The fourth-order valence-electron chi connectivity index (χ4n) is 5.66. The quantitative estimate of drug-likeness (QED) is 0.513. The van der Waals surface area contributed by atoms with Gasteiger partial charge in [0.25, 0.3) is 0 Å². The molecule has 3 aromatic rings. The molecule has 0 bridgehead atoms. The molecule has 3 aliphatic rings. The number of hydrogen-bond donors (Lipinski definition) is 0. The summed E-state index contributed by atoms with van der Waals surface area (Å²) in [5, 5.41) is 13.1. The van der Waals surface area contributed by atoms with Crippen LogP contribution >= 0.6 is 0 Å². The van der Waals surface area contributed by atoms with E-state index in [1.54, 1.807) is 7.11 Å². The highest BCUT2D eigenvalue weighted by molar-refractivity contribution is 5.44. The van der Waals surface area contributed by atoms with Crippen molar-refractivity contribution in [3.63, 3.8) is 0 Å². The van der Waals surface area contributed by atoms with E-state index in [-0.39, 0.29) is 6.04 Å². The van der Waals surface area contributed by atoms with E-state index < -0.39 is 0 Å². The number of aromatic nitrogens is 4. The minimum atomic E-state index is -0.0468. The Kier molecular flexibility index (Phi) is 6.26. The Morgan fingerprint density at radius 1 is 1.00 bits per heavy atom. The Hall–Kier alpha value is -3.17. The van der Waals surface area contributed by atoms with Gasteiger partial charge in [0.15, 0.2) is 17.3 Å². The van der Waals surface area contributed by atoms with Gasteiger partial charge in [-0.15, -0.1) is 5.10 Å². The Balaban J connectivity index is 1.23. The van der Waals surface area contributed by atoms with E-state index >= 15 is 0 Å². The molecule has 9 nitrogen and oxygen atoms in total. The molecule has 2 aromatic carbocycles. The number of methoxy groups -OCH3 is 1. The SMILES string of the molecule is COc1ccccc1C(c1nnnn1C1CCCC1)N1CCN(Cc2ccc3c(c2)OCO3)CC1. The van der Waals surface area contributed by atoms with Gasteiger partial charge in [0.2, 0.25) is 6.79 Å². The average Bonchev–Trinajstić information content (AvgIpc) is 3.67.